The minimum Gasteiger partial charge on any atom is -0.378 e. The first kappa shape index (κ1) is 13.1. The average Bonchev–Trinajstić information content (AvgIpc) is 2.19. The van der Waals surface area contributed by atoms with E-state index in [0.717, 1.165) is 6.54 Å². The molecule has 0 radical (unpaired) electrons. The highest BCUT2D eigenvalue weighted by atomic mass is 28.2. The van der Waals surface area contributed by atoms with Crippen molar-refractivity contribution >= 4 is 9.52 Å². The lowest BCUT2D eigenvalue weighted by atomic mass is 10.3. The van der Waals surface area contributed by atoms with Gasteiger partial charge < -0.3 is 15.2 Å². The maximum Gasteiger partial charge on any atom is 0.123 e. The lowest BCUT2D eigenvalue weighted by Crippen LogP contribution is -2.60. The van der Waals surface area contributed by atoms with Crippen LogP contribution in [0.3, 0.4) is 0 Å². The Kier molecular flexibility index (Phi) is 6.53. The standard InChI is InChI=1S/C8H22N2O2Si/c1-7(11-2)8(12-3,13-4)10-6-5-9/h7,10H,5-6,9,13H2,1-4H3. The van der Waals surface area contributed by atoms with Gasteiger partial charge in [0.25, 0.3) is 0 Å². The van der Waals surface area contributed by atoms with Crippen molar-refractivity contribution in [2.24, 2.45) is 5.73 Å². The smallest absolute Gasteiger partial charge is 0.123 e. The first-order valence-electron chi connectivity index (χ1n) is 4.69. The van der Waals surface area contributed by atoms with Crippen LogP contribution < -0.4 is 11.1 Å². The lowest BCUT2D eigenvalue weighted by Gasteiger charge is -2.37. The quantitative estimate of drug-likeness (QED) is 0.418. The van der Waals surface area contributed by atoms with Gasteiger partial charge in [-0.3, -0.25) is 5.32 Å². The fourth-order valence-corrected chi connectivity index (χ4v) is 2.87. The molecule has 0 rings (SSSR count). The van der Waals surface area contributed by atoms with Crippen molar-refractivity contribution in [3.05, 3.63) is 0 Å². The molecule has 0 saturated heterocycles. The van der Waals surface area contributed by atoms with E-state index in [2.05, 4.69) is 11.9 Å². The van der Waals surface area contributed by atoms with Crippen molar-refractivity contribution in [2.75, 3.05) is 27.3 Å². The molecule has 0 spiro atoms. The number of rotatable bonds is 7. The van der Waals surface area contributed by atoms with E-state index in [1.807, 2.05) is 6.92 Å². The highest BCUT2D eigenvalue weighted by Crippen LogP contribution is 2.12. The minimum atomic E-state index is -0.372. The van der Waals surface area contributed by atoms with E-state index >= 15 is 0 Å². The van der Waals surface area contributed by atoms with Gasteiger partial charge in [-0.1, -0.05) is 6.55 Å². The summed E-state index contributed by atoms with van der Waals surface area (Å²) in [6.07, 6.45) is 0.0701. The third kappa shape index (κ3) is 3.36. The Hall–Kier alpha value is 0.0569. The SMILES string of the molecule is COC(C)C(NCCN)(OC)[SiH2]C. The van der Waals surface area contributed by atoms with Crippen LogP contribution in [-0.4, -0.2) is 48.3 Å². The van der Waals surface area contributed by atoms with E-state index in [1.165, 1.54) is 0 Å². The van der Waals surface area contributed by atoms with Crippen LogP contribution in [-0.2, 0) is 9.47 Å². The molecule has 0 aromatic carbocycles. The first-order chi connectivity index (χ1) is 6.16. The Bertz CT molecular complexity index is 131. The molecule has 0 heterocycles. The topological polar surface area (TPSA) is 56.5 Å². The summed E-state index contributed by atoms with van der Waals surface area (Å²) in [4.78, 5) is 0. The molecule has 0 aromatic heterocycles. The summed E-state index contributed by atoms with van der Waals surface area (Å²) in [7, 11) is 3.05. The van der Waals surface area contributed by atoms with Gasteiger partial charge in [0.1, 0.15) is 5.35 Å². The predicted molar refractivity (Wildman–Crippen MR) is 57.7 cm³/mol. The normalized spacial score (nSPS) is 19.2. The van der Waals surface area contributed by atoms with Crippen LogP contribution in [0, 0.1) is 0 Å². The molecule has 0 aliphatic rings. The number of hydrogen-bond donors (Lipinski definition) is 2. The van der Waals surface area contributed by atoms with Crippen LogP contribution in [0.15, 0.2) is 0 Å². The maximum atomic E-state index is 5.51. The monoisotopic (exact) mass is 206 g/mol. The molecule has 0 aromatic rings. The summed E-state index contributed by atoms with van der Waals surface area (Å²) in [5.41, 5.74) is 5.44. The Morgan fingerprint density at radius 3 is 2.46 bits per heavy atom. The number of nitrogens with two attached hydrogens (primary N) is 1. The average molecular weight is 206 g/mol. The van der Waals surface area contributed by atoms with Gasteiger partial charge in [-0.15, -0.1) is 0 Å². The van der Waals surface area contributed by atoms with E-state index in [4.69, 9.17) is 15.2 Å². The zero-order valence-electron chi connectivity index (χ0n) is 9.09. The molecular weight excluding hydrogens is 184 g/mol. The zero-order valence-corrected chi connectivity index (χ0v) is 10.5. The van der Waals surface area contributed by atoms with Gasteiger partial charge in [-0.05, 0) is 6.92 Å². The molecule has 0 fully saturated rings. The molecule has 2 unspecified atom stereocenters. The fourth-order valence-electron chi connectivity index (χ4n) is 1.41. The van der Waals surface area contributed by atoms with Crippen molar-refractivity contribution in [3.8, 4) is 0 Å². The Morgan fingerprint density at radius 1 is 1.54 bits per heavy atom. The van der Waals surface area contributed by atoms with Gasteiger partial charge in [0, 0.05) is 27.3 Å². The van der Waals surface area contributed by atoms with E-state index in [1.54, 1.807) is 14.2 Å². The molecule has 5 heteroatoms. The van der Waals surface area contributed by atoms with Gasteiger partial charge in [0.15, 0.2) is 0 Å². The van der Waals surface area contributed by atoms with Crippen molar-refractivity contribution in [1.29, 1.82) is 0 Å². The number of hydrogen-bond acceptors (Lipinski definition) is 4. The molecule has 0 amide bonds. The van der Waals surface area contributed by atoms with E-state index < -0.39 is 0 Å². The lowest BCUT2D eigenvalue weighted by molar-refractivity contribution is -0.0762. The summed E-state index contributed by atoms with van der Waals surface area (Å²) in [6.45, 7) is 5.60. The molecule has 3 N–H and O–H groups in total. The predicted octanol–water partition coefficient (Wildman–Crippen LogP) is -0.913. The van der Waals surface area contributed by atoms with Crippen LogP contribution >= 0.6 is 0 Å². The Balaban J connectivity index is 4.29. The first-order valence-corrected chi connectivity index (χ1v) is 6.82. The molecule has 80 valence electrons. The fraction of sp³-hybridized carbons (Fsp3) is 1.00. The van der Waals surface area contributed by atoms with Crippen LogP contribution in [0.1, 0.15) is 6.92 Å². The third-order valence-corrected chi connectivity index (χ3v) is 4.63. The van der Waals surface area contributed by atoms with E-state index in [0.29, 0.717) is 6.54 Å². The maximum absolute atomic E-state index is 5.51. The van der Waals surface area contributed by atoms with Gasteiger partial charge in [0.2, 0.25) is 0 Å². The van der Waals surface area contributed by atoms with Crippen LogP contribution in [0.4, 0.5) is 0 Å². The molecule has 0 saturated carbocycles. The third-order valence-electron chi connectivity index (χ3n) is 2.47. The largest absolute Gasteiger partial charge is 0.378 e. The number of methoxy groups -OCH3 is 2. The second-order valence-electron chi connectivity index (χ2n) is 3.04. The van der Waals surface area contributed by atoms with Gasteiger partial charge in [0.05, 0.1) is 15.6 Å². The summed E-state index contributed by atoms with van der Waals surface area (Å²) >= 11 is 0. The van der Waals surface area contributed by atoms with Gasteiger partial charge in [-0.2, -0.15) is 0 Å². The van der Waals surface area contributed by atoms with Crippen molar-refractivity contribution in [3.63, 3.8) is 0 Å². The highest BCUT2D eigenvalue weighted by Gasteiger charge is 2.33. The molecular formula is C8H22N2O2Si. The second kappa shape index (κ2) is 6.50. The molecule has 4 nitrogen and oxygen atoms in total. The summed E-state index contributed by atoms with van der Waals surface area (Å²) < 4.78 is 10.8. The minimum absolute atomic E-state index is 0.0701. The summed E-state index contributed by atoms with van der Waals surface area (Å²) in [5, 5.41) is 3.05. The Labute approximate surface area is 83.0 Å². The molecule has 2 atom stereocenters. The zero-order chi connectivity index (χ0) is 10.3. The Morgan fingerprint density at radius 2 is 2.15 bits per heavy atom. The second-order valence-corrected chi connectivity index (χ2v) is 4.80. The number of nitrogens with one attached hydrogen (secondary N) is 1. The summed E-state index contributed by atoms with van der Waals surface area (Å²) in [6, 6.07) is 0. The van der Waals surface area contributed by atoms with Gasteiger partial charge >= 0.3 is 0 Å². The van der Waals surface area contributed by atoms with E-state index in [-0.39, 0.29) is 21.0 Å². The van der Waals surface area contributed by atoms with Crippen molar-refractivity contribution in [1.82, 2.24) is 5.32 Å². The summed E-state index contributed by atoms with van der Waals surface area (Å²) in [5.74, 6) is 0. The van der Waals surface area contributed by atoms with Crippen LogP contribution in [0.2, 0.25) is 6.55 Å². The van der Waals surface area contributed by atoms with E-state index in [9.17, 15) is 0 Å². The van der Waals surface area contributed by atoms with Crippen molar-refractivity contribution in [2.45, 2.75) is 24.9 Å². The van der Waals surface area contributed by atoms with Crippen LogP contribution in [0.5, 0.6) is 0 Å². The van der Waals surface area contributed by atoms with Crippen molar-refractivity contribution < 1.29 is 9.47 Å². The molecule has 13 heavy (non-hydrogen) atoms. The molecule has 0 bridgehead atoms. The van der Waals surface area contributed by atoms with Crippen LogP contribution in [0.25, 0.3) is 0 Å². The van der Waals surface area contributed by atoms with Gasteiger partial charge in [-0.25, -0.2) is 0 Å². The molecule has 0 aliphatic carbocycles. The highest BCUT2D eigenvalue weighted by molar-refractivity contribution is 6.37. The molecule has 0 aliphatic heterocycles. The number of ether oxygens (including phenoxy) is 2.